The van der Waals surface area contributed by atoms with Crippen LogP contribution in [0.2, 0.25) is 5.02 Å². The number of thiocarbonyl (C=S) groups is 1. The Morgan fingerprint density at radius 2 is 1.77 bits per heavy atom. The Kier molecular flexibility index (Phi) is 7.00. The second-order valence-electron chi connectivity index (χ2n) is 6.21. The van der Waals surface area contributed by atoms with Crippen molar-refractivity contribution in [2.45, 2.75) is 6.61 Å². The van der Waals surface area contributed by atoms with E-state index in [0.29, 0.717) is 23.6 Å². The van der Waals surface area contributed by atoms with E-state index in [1.54, 1.807) is 24.3 Å². The highest BCUT2D eigenvalue weighted by Gasteiger charge is 2.12. The van der Waals surface area contributed by atoms with Gasteiger partial charge in [-0.1, -0.05) is 48.0 Å². The zero-order chi connectivity index (χ0) is 21.5. The van der Waals surface area contributed by atoms with Crippen LogP contribution < -0.4 is 15.4 Å². The van der Waals surface area contributed by atoms with E-state index >= 15 is 0 Å². The van der Waals surface area contributed by atoms with Crippen molar-refractivity contribution in [1.82, 2.24) is 5.32 Å². The van der Waals surface area contributed by atoms with Crippen LogP contribution in [-0.2, 0) is 6.61 Å². The van der Waals surface area contributed by atoms with Crippen LogP contribution in [0, 0.1) is 0 Å². The summed E-state index contributed by atoms with van der Waals surface area (Å²) in [6, 6.07) is 20.7. The van der Waals surface area contributed by atoms with Crippen LogP contribution in [0.5, 0.6) is 5.75 Å². The molecule has 3 aromatic rings. The second-order valence-corrected chi connectivity index (χ2v) is 7.03. The zero-order valence-electron chi connectivity index (χ0n) is 15.6. The Morgan fingerprint density at radius 3 is 2.47 bits per heavy atom. The molecule has 152 valence electrons. The first kappa shape index (κ1) is 21.3. The third kappa shape index (κ3) is 5.79. The molecule has 0 saturated heterocycles. The summed E-state index contributed by atoms with van der Waals surface area (Å²) in [6.07, 6.45) is 0. The largest absolute Gasteiger partial charge is 0.489 e. The molecule has 30 heavy (non-hydrogen) atoms. The Labute approximate surface area is 183 Å². The Morgan fingerprint density at radius 1 is 1.00 bits per heavy atom. The molecule has 0 unspecified atom stereocenters. The fraction of sp³-hybridized carbons (Fsp3) is 0.0455. The molecule has 0 aliphatic rings. The average molecular weight is 441 g/mol. The number of ether oxygens (including phenoxy) is 1. The lowest BCUT2D eigenvalue weighted by Crippen LogP contribution is -2.34. The number of nitrogens with one attached hydrogen (secondary N) is 2. The summed E-state index contributed by atoms with van der Waals surface area (Å²) >= 11 is 11.1. The molecule has 1 amide bonds. The Hall–Kier alpha value is -3.42. The van der Waals surface area contributed by atoms with Crippen molar-refractivity contribution in [3.63, 3.8) is 0 Å². The number of anilines is 1. The molecule has 3 N–H and O–H groups in total. The normalized spacial score (nSPS) is 10.2. The quantitative estimate of drug-likeness (QED) is 0.480. The summed E-state index contributed by atoms with van der Waals surface area (Å²) in [7, 11) is 0. The number of carboxylic acids is 1. The zero-order valence-corrected chi connectivity index (χ0v) is 17.2. The molecule has 0 fully saturated rings. The van der Waals surface area contributed by atoms with Gasteiger partial charge in [-0.05, 0) is 54.2 Å². The van der Waals surface area contributed by atoms with Crippen molar-refractivity contribution in [2.24, 2.45) is 0 Å². The number of aromatic carboxylic acids is 1. The van der Waals surface area contributed by atoms with Crippen molar-refractivity contribution < 1.29 is 19.4 Å². The molecule has 0 aromatic heterocycles. The summed E-state index contributed by atoms with van der Waals surface area (Å²) in [6.45, 7) is 0.388. The maximum Gasteiger partial charge on any atom is 0.337 e. The first-order chi connectivity index (χ1) is 14.4. The van der Waals surface area contributed by atoms with Crippen LogP contribution in [-0.4, -0.2) is 22.1 Å². The summed E-state index contributed by atoms with van der Waals surface area (Å²) in [5.41, 5.74) is 1.83. The molecule has 6 nitrogen and oxygen atoms in total. The third-order valence-corrected chi connectivity index (χ3v) is 4.55. The van der Waals surface area contributed by atoms with E-state index in [1.165, 1.54) is 18.2 Å². The second kappa shape index (κ2) is 9.87. The topological polar surface area (TPSA) is 87.7 Å². The number of rotatable bonds is 6. The minimum Gasteiger partial charge on any atom is -0.489 e. The molecule has 8 heteroatoms. The van der Waals surface area contributed by atoms with Crippen LogP contribution in [0.15, 0.2) is 72.8 Å². The molecule has 0 aliphatic carbocycles. The molecule has 0 saturated carbocycles. The van der Waals surface area contributed by atoms with Crippen molar-refractivity contribution in [3.05, 3.63) is 94.5 Å². The van der Waals surface area contributed by atoms with Gasteiger partial charge in [-0.2, -0.15) is 0 Å². The van der Waals surface area contributed by atoms with Crippen molar-refractivity contribution in [1.29, 1.82) is 0 Å². The number of amides is 1. The molecule has 0 aliphatic heterocycles. The predicted molar refractivity (Wildman–Crippen MR) is 119 cm³/mol. The Balaban J connectivity index is 1.59. The number of halogens is 1. The van der Waals surface area contributed by atoms with E-state index in [2.05, 4.69) is 10.6 Å². The van der Waals surface area contributed by atoms with E-state index in [9.17, 15) is 9.59 Å². The van der Waals surface area contributed by atoms with Gasteiger partial charge in [0.15, 0.2) is 5.11 Å². The number of carbonyl (C=O) groups is 2. The summed E-state index contributed by atoms with van der Waals surface area (Å²) < 4.78 is 5.74. The standard InChI is InChI=1S/C22H17ClN2O4S/c23-19-12-16(9-10-18(19)21(27)28)24-22(30)25-20(26)15-7-4-8-17(11-15)29-13-14-5-2-1-3-6-14/h1-12H,13H2,(H,27,28)(H2,24,25,26,30). The number of hydrogen-bond donors (Lipinski definition) is 3. The number of hydrogen-bond acceptors (Lipinski definition) is 4. The van der Waals surface area contributed by atoms with E-state index in [4.69, 9.17) is 33.7 Å². The van der Waals surface area contributed by atoms with Crippen molar-refractivity contribution in [3.8, 4) is 5.75 Å². The van der Waals surface area contributed by atoms with Gasteiger partial charge in [-0.15, -0.1) is 0 Å². The summed E-state index contributed by atoms with van der Waals surface area (Å²) in [5, 5.41) is 14.5. The Bertz CT molecular complexity index is 1090. The molecule has 3 rings (SSSR count). The van der Waals surface area contributed by atoms with Gasteiger partial charge in [0.2, 0.25) is 0 Å². The van der Waals surface area contributed by atoms with E-state index < -0.39 is 11.9 Å². The highest BCUT2D eigenvalue weighted by atomic mass is 35.5. The maximum absolute atomic E-state index is 12.5. The maximum atomic E-state index is 12.5. The molecule has 0 radical (unpaired) electrons. The van der Waals surface area contributed by atoms with Gasteiger partial charge in [0.1, 0.15) is 12.4 Å². The minimum atomic E-state index is -1.13. The van der Waals surface area contributed by atoms with E-state index in [-0.39, 0.29) is 15.7 Å². The van der Waals surface area contributed by atoms with Crippen molar-refractivity contribution >= 4 is 46.5 Å². The van der Waals surface area contributed by atoms with Gasteiger partial charge in [0, 0.05) is 11.3 Å². The van der Waals surface area contributed by atoms with Gasteiger partial charge >= 0.3 is 5.97 Å². The number of benzene rings is 3. The molecule has 0 heterocycles. The fourth-order valence-corrected chi connectivity index (χ4v) is 3.04. The molecule has 0 spiro atoms. The number of carboxylic acid groups (broad SMARTS) is 1. The summed E-state index contributed by atoms with van der Waals surface area (Å²) in [4.78, 5) is 23.5. The first-order valence-corrected chi connectivity index (χ1v) is 9.63. The SMILES string of the molecule is O=C(NC(=S)Nc1ccc(C(=O)O)c(Cl)c1)c1cccc(OCc2ccccc2)c1. The van der Waals surface area contributed by atoms with E-state index in [0.717, 1.165) is 5.56 Å². The van der Waals surface area contributed by atoms with Crippen LogP contribution in [0.3, 0.4) is 0 Å². The van der Waals surface area contributed by atoms with Gasteiger partial charge in [-0.3, -0.25) is 10.1 Å². The number of carbonyl (C=O) groups excluding carboxylic acids is 1. The predicted octanol–water partition coefficient (Wildman–Crippen LogP) is 4.74. The summed E-state index contributed by atoms with van der Waals surface area (Å²) in [5.74, 6) is -0.982. The van der Waals surface area contributed by atoms with Crippen LogP contribution in [0.25, 0.3) is 0 Å². The molecule has 3 aromatic carbocycles. The van der Waals surface area contributed by atoms with Crippen LogP contribution >= 0.6 is 23.8 Å². The minimum absolute atomic E-state index is 0.0236. The molecule has 0 bridgehead atoms. The highest BCUT2D eigenvalue weighted by molar-refractivity contribution is 7.80. The van der Waals surface area contributed by atoms with E-state index in [1.807, 2.05) is 30.3 Å². The lowest BCUT2D eigenvalue weighted by molar-refractivity contribution is 0.0697. The van der Waals surface area contributed by atoms with Gasteiger partial charge in [0.25, 0.3) is 5.91 Å². The highest BCUT2D eigenvalue weighted by Crippen LogP contribution is 2.21. The molecule has 0 atom stereocenters. The molecular weight excluding hydrogens is 424 g/mol. The van der Waals surface area contributed by atoms with Gasteiger partial charge in [-0.25, -0.2) is 4.79 Å². The lowest BCUT2D eigenvalue weighted by atomic mass is 10.2. The monoisotopic (exact) mass is 440 g/mol. The van der Waals surface area contributed by atoms with Gasteiger partial charge < -0.3 is 15.2 Å². The first-order valence-electron chi connectivity index (χ1n) is 8.84. The van der Waals surface area contributed by atoms with Crippen molar-refractivity contribution in [2.75, 3.05) is 5.32 Å². The average Bonchev–Trinajstić information content (AvgIpc) is 2.73. The smallest absolute Gasteiger partial charge is 0.337 e. The van der Waals surface area contributed by atoms with Crippen LogP contribution in [0.4, 0.5) is 5.69 Å². The van der Waals surface area contributed by atoms with Gasteiger partial charge in [0.05, 0.1) is 10.6 Å². The fourth-order valence-electron chi connectivity index (χ4n) is 2.57. The molecular formula is C22H17ClN2O4S. The third-order valence-electron chi connectivity index (χ3n) is 4.03. The lowest BCUT2D eigenvalue weighted by Gasteiger charge is -2.11. The van der Waals surface area contributed by atoms with Crippen LogP contribution in [0.1, 0.15) is 26.3 Å².